The molecule has 1 aromatic carbocycles. The highest BCUT2D eigenvalue weighted by Crippen LogP contribution is 2.25. The van der Waals surface area contributed by atoms with Gasteiger partial charge in [0, 0.05) is 62.9 Å². The minimum atomic E-state index is -0.329. The third-order valence-electron chi connectivity index (χ3n) is 4.40. The first-order valence-electron chi connectivity index (χ1n) is 7.73. The molecule has 1 aliphatic rings. The molecule has 3 rings (SSSR count). The summed E-state index contributed by atoms with van der Waals surface area (Å²) in [6.45, 7) is 6.41. The van der Waals surface area contributed by atoms with E-state index in [0.717, 1.165) is 44.2 Å². The van der Waals surface area contributed by atoms with Gasteiger partial charge in [-0.3, -0.25) is 15.0 Å². The quantitative estimate of drug-likeness (QED) is 0.637. The number of nitro groups is 1. The van der Waals surface area contributed by atoms with E-state index in [1.54, 1.807) is 13.0 Å². The maximum atomic E-state index is 10.9. The van der Waals surface area contributed by atoms with Gasteiger partial charge in [0.15, 0.2) is 0 Å². The summed E-state index contributed by atoms with van der Waals surface area (Å²) < 4.78 is 2.05. The van der Waals surface area contributed by atoms with Gasteiger partial charge in [0.1, 0.15) is 5.82 Å². The molecule has 122 valence electrons. The Bertz CT molecular complexity index is 704. The van der Waals surface area contributed by atoms with Gasteiger partial charge in [-0.1, -0.05) is 0 Å². The molecule has 7 nitrogen and oxygen atoms in total. The molecule has 1 aromatic heterocycles. The molecule has 0 spiro atoms. The van der Waals surface area contributed by atoms with Crippen LogP contribution in [0.5, 0.6) is 0 Å². The van der Waals surface area contributed by atoms with Crippen LogP contribution in [0.4, 0.5) is 11.4 Å². The van der Waals surface area contributed by atoms with Crippen LogP contribution in [-0.4, -0.2) is 45.6 Å². The van der Waals surface area contributed by atoms with Crippen molar-refractivity contribution < 1.29 is 4.92 Å². The fraction of sp³-hybridized carbons (Fsp3) is 0.438. The van der Waals surface area contributed by atoms with Crippen LogP contribution in [0.15, 0.2) is 30.6 Å². The van der Waals surface area contributed by atoms with Gasteiger partial charge in [-0.05, 0) is 19.1 Å². The summed E-state index contributed by atoms with van der Waals surface area (Å²) in [5, 5.41) is 10.9. The molecule has 0 bridgehead atoms. The number of aromatic nitrogens is 2. The van der Waals surface area contributed by atoms with Crippen molar-refractivity contribution in [3.63, 3.8) is 0 Å². The Balaban J connectivity index is 1.61. The number of imidazole rings is 1. The Morgan fingerprint density at radius 1 is 1.26 bits per heavy atom. The molecule has 23 heavy (non-hydrogen) atoms. The Hall–Kier alpha value is -2.41. The molecule has 0 unspecified atom stereocenters. The van der Waals surface area contributed by atoms with Crippen LogP contribution in [0.2, 0.25) is 0 Å². The van der Waals surface area contributed by atoms with E-state index in [2.05, 4.69) is 14.8 Å². The highest BCUT2D eigenvalue weighted by atomic mass is 16.6. The van der Waals surface area contributed by atoms with E-state index in [0.29, 0.717) is 5.56 Å². The van der Waals surface area contributed by atoms with Crippen LogP contribution in [0.1, 0.15) is 11.4 Å². The Morgan fingerprint density at radius 2 is 2.00 bits per heavy atom. The van der Waals surface area contributed by atoms with Crippen molar-refractivity contribution in [1.29, 1.82) is 0 Å². The predicted molar refractivity (Wildman–Crippen MR) is 88.5 cm³/mol. The van der Waals surface area contributed by atoms with Gasteiger partial charge in [0.05, 0.1) is 11.5 Å². The minimum absolute atomic E-state index is 0.183. The Labute approximate surface area is 135 Å². The Morgan fingerprint density at radius 3 is 2.57 bits per heavy atom. The summed E-state index contributed by atoms with van der Waals surface area (Å²) in [7, 11) is 2.01. The molecule has 0 saturated carbocycles. The molecule has 2 aromatic rings. The number of benzene rings is 1. The average molecular weight is 315 g/mol. The molecule has 1 fully saturated rings. The number of nitrogens with zero attached hydrogens (tertiary/aromatic N) is 5. The second-order valence-corrected chi connectivity index (χ2v) is 5.95. The maximum absolute atomic E-state index is 10.9. The summed E-state index contributed by atoms with van der Waals surface area (Å²) in [4.78, 5) is 19.6. The molecule has 2 heterocycles. The van der Waals surface area contributed by atoms with Crippen molar-refractivity contribution in [1.82, 2.24) is 14.5 Å². The van der Waals surface area contributed by atoms with Crippen molar-refractivity contribution >= 4 is 11.4 Å². The van der Waals surface area contributed by atoms with Crippen LogP contribution in [-0.2, 0) is 13.6 Å². The third kappa shape index (κ3) is 3.34. The number of piperazine rings is 1. The highest BCUT2D eigenvalue weighted by molar-refractivity contribution is 5.55. The second kappa shape index (κ2) is 6.37. The largest absolute Gasteiger partial charge is 0.369 e. The second-order valence-electron chi connectivity index (χ2n) is 5.95. The molecule has 0 amide bonds. The van der Waals surface area contributed by atoms with Crippen LogP contribution in [0, 0.1) is 17.0 Å². The first-order valence-corrected chi connectivity index (χ1v) is 7.73. The van der Waals surface area contributed by atoms with Crippen molar-refractivity contribution in [3.05, 3.63) is 52.1 Å². The zero-order chi connectivity index (χ0) is 16.4. The molecule has 0 radical (unpaired) electrons. The van der Waals surface area contributed by atoms with Gasteiger partial charge in [0.25, 0.3) is 5.69 Å². The summed E-state index contributed by atoms with van der Waals surface area (Å²) in [6.07, 6.45) is 3.79. The lowest BCUT2D eigenvalue weighted by atomic mass is 10.1. The highest BCUT2D eigenvalue weighted by Gasteiger charge is 2.20. The van der Waals surface area contributed by atoms with E-state index in [9.17, 15) is 10.1 Å². The smallest absolute Gasteiger partial charge is 0.272 e. The monoisotopic (exact) mass is 315 g/mol. The van der Waals surface area contributed by atoms with Gasteiger partial charge in [0.2, 0.25) is 0 Å². The average Bonchev–Trinajstić information content (AvgIpc) is 2.93. The Kier molecular flexibility index (Phi) is 4.29. The number of hydrogen-bond donors (Lipinski definition) is 0. The fourth-order valence-corrected chi connectivity index (χ4v) is 2.95. The SMILES string of the molecule is Cc1cc(N2CCN(Cc3nccn3C)CC2)ccc1[N+](=O)[O-]. The lowest BCUT2D eigenvalue weighted by molar-refractivity contribution is -0.385. The van der Waals surface area contributed by atoms with E-state index in [1.807, 2.05) is 36.1 Å². The van der Waals surface area contributed by atoms with Crippen molar-refractivity contribution in [3.8, 4) is 0 Å². The molecule has 1 aliphatic heterocycles. The summed E-state index contributed by atoms with van der Waals surface area (Å²) in [6, 6.07) is 5.36. The number of anilines is 1. The topological polar surface area (TPSA) is 67.4 Å². The standard InChI is InChI=1S/C16H21N5O2/c1-13-11-14(3-4-15(13)21(22)23)20-9-7-19(8-10-20)12-16-17-5-6-18(16)2/h3-6,11H,7-10,12H2,1-2H3. The van der Waals surface area contributed by atoms with Gasteiger partial charge in [-0.15, -0.1) is 0 Å². The number of aryl methyl sites for hydroxylation is 2. The fourth-order valence-electron chi connectivity index (χ4n) is 2.95. The normalized spacial score (nSPS) is 15.8. The van der Waals surface area contributed by atoms with Gasteiger partial charge in [-0.25, -0.2) is 4.98 Å². The zero-order valence-electron chi connectivity index (χ0n) is 13.5. The first kappa shape index (κ1) is 15.5. The van der Waals surface area contributed by atoms with Crippen LogP contribution < -0.4 is 4.90 Å². The van der Waals surface area contributed by atoms with Crippen LogP contribution in [0.25, 0.3) is 0 Å². The maximum Gasteiger partial charge on any atom is 0.272 e. The number of hydrogen-bond acceptors (Lipinski definition) is 5. The van der Waals surface area contributed by atoms with E-state index < -0.39 is 0 Å². The molecule has 0 atom stereocenters. The summed E-state index contributed by atoms with van der Waals surface area (Å²) >= 11 is 0. The summed E-state index contributed by atoms with van der Waals surface area (Å²) in [5.41, 5.74) is 1.95. The molecule has 0 N–H and O–H groups in total. The number of nitro benzene ring substituents is 1. The number of rotatable bonds is 4. The van der Waals surface area contributed by atoms with Crippen molar-refractivity contribution in [2.45, 2.75) is 13.5 Å². The zero-order valence-corrected chi connectivity index (χ0v) is 13.5. The van der Waals surface area contributed by atoms with E-state index in [-0.39, 0.29) is 10.6 Å². The third-order valence-corrected chi connectivity index (χ3v) is 4.40. The van der Waals surface area contributed by atoms with Crippen molar-refractivity contribution in [2.24, 2.45) is 7.05 Å². The van der Waals surface area contributed by atoms with E-state index in [4.69, 9.17) is 0 Å². The molecular weight excluding hydrogens is 294 g/mol. The summed E-state index contributed by atoms with van der Waals surface area (Å²) in [5.74, 6) is 1.07. The minimum Gasteiger partial charge on any atom is -0.369 e. The van der Waals surface area contributed by atoms with Crippen LogP contribution >= 0.6 is 0 Å². The van der Waals surface area contributed by atoms with Gasteiger partial charge in [-0.2, -0.15) is 0 Å². The lowest BCUT2D eigenvalue weighted by Crippen LogP contribution is -2.46. The van der Waals surface area contributed by atoms with Crippen molar-refractivity contribution in [2.75, 3.05) is 31.1 Å². The van der Waals surface area contributed by atoms with E-state index >= 15 is 0 Å². The van der Waals surface area contributed by atoms with Gasteiger partial charge < -0.3 is 9.47 Å². The van der Waals surface area contributed by atoms with E-state index in [1.165, 1.54) is 0 Å². The van der Waals surface area contributed by atoms with Crippen LogP contribution in [0.3, 0.4) is 0 Å². The first-order chi connectivity index (χ1) is 11.0. The predicted octanol–water partition coefficient (Wildman–Crippen LogP) is 1.96. The molecular formula is C16H21N5O2. The molecule has 0 aliphatic carbocycles. The molecule has 1 saturated heterocycles. The lowest BCUT2D eigenvalue weighted by Gasteiger charge is -2.36. The van der Waals surface area contributed by atoms with Gasteiger partial charge >= 0.3 is 0 Å². The molecule has 7 heteroatoms.